The maximum absolute atomic E-state index is 12.3. The first-order chi connectivity index (χ1) is 10.3. The third kappa shape index (κ3) is 1.92. The first-order valence-electron chi connectivity index (χ1n) is 6.67. The number of amides is 1. The molecular formula is C13H13N7O. The van der Waals surface area contributed by atoms with Gasteiger partial charge in [-0.05, 0) is 12.5 Å². The van der Waals surface area contributed by atoms with Gasteiger partial charge < -0.3 is 15.2 Å². The van der Waals surface area contributed by atoms with Crippen LogP contribution >= 0.6 is 0 Å². The Balaban J connectivity index is 1.59. The fourth-order valence-electron chi connectivity index (χ4n) is 2.55. The minimum atomic E-state index is -0.215. The van der Waals surface area contributed by atoms with Gasteiger partial charge in [0.2, 0.25) is 5.91 Å². The molecule has 1 amide bonds. The van der Waals surface area contributed by atoms with Gasteiger partial charge in [0.15, 0.2) is 0 Å². The number of H-pyrrole nitrogens is 2. The van der Waals surface area contributed by atoms with Crippen molar-refractivity contribution < 1.29 is 4.79 Å². The van der Waals surface area contributed by atoms with E-state index in [4.69, 9.17) is 0 Å². The minimum Gasteiger partial charge on any atom is -0.346 e. The highest BCUT2D eigenvalue weighted by atomic mass is 16.2. The number of aromatic nitrogens is 5. The summed E-state index contributed by atoms with van der Waals surface area (Å²) >= 11 is 0. The zero-order valence-electron chi connectivity index (χ0n) is 11.1. The Bertz CT molecular complexity index is 779. The number of anilines is 2. The molecule has 1 saturated heterocycles. The third-order valence-electron chi connectivity index (χ3n) is 3.69. The van der Waals surface area contributed by atoms with E-state index in [1.54, 1.807) is 12.4 Å². The second kappa shape index (κ2) is 4.58. The predicted molar refractivity (Wildman–Crippen MR) is 76.9 cm³/mol. The van der Waals surface area contributed by atoms with Crippen molar-refractivity contribution in [1.29, 1.82) is 0 Å². The topological polar surface area (TPSA) is 103 Å². The second-order valence-corrected chi connectivity index (χ2v) is 4.91. The van der Waals surface area contributed by atoms with Crippen LogP contribution < -0.4 is 10.2 Å². The van der Waals surface area contributed by atoms with Crippen molar-refractivity contribution in [3.63, 3.8) is 0 Å². The van der Waals surface area contributed by atoms with Gasteiger partial charge in [-0.1, -0.05) is 0 Å². The molecule has 0 aromatic carbocycles. The van der Waals surface area contributed by atoms with Crippen molar-refractivity contribution in [1.82, 2.24) is 25.1 Å². The monoisotopic (exact) mass is 283 g/mol. The van der Waals surface area contributed by atoms with Crippen LogP contribution in [0, 0.1) is 0 Å². The molecule has 106 valence electrons. The molecule has 1 fully saturated rings. The standard InChI is InChI=1S/C13H13N7O/c21-13(19-8-5-17-18-6-8)10-2-4-20(10)12-9-1-3-14-11(9)15-7-16-12/h1,3,5-7,10H,2,4H2,(H,17,18)(H,19,21)(H,14,15,16)/t10-/m0/s1. The number of carbonyl (C=O) groups is 1. The smallest absolute Gasteiger partial charge is 0.247 e. The summed E-state index contributed by atoms with van der Waals surface area (Å²) in [6.45, 7) is 0.806. The van der Waals surface area contributed by atoms with Gasteiger partial charge in [-0.2, -0.15) is 5.10 Å². The average molecular weight is 283 g/mol. The molecule has 0 saturated carbocycles. The van der Waals surface area contributed by atoms with Crippen LogP contribution in [-0.2, 0) is 4.79 Å². The van der Waals surface area contributed by atoms with E-state index >= 15 is 0 Å². The van der Waals surface area contributed by atoms with Crippen LogP contribution in [0.25, 0.3) is 11.0 Å². The lowest BCUT2D eigenvalue weighted by atomic mass is 10.0. The van der Waals surface area contributed by atoms with E-state index in [9.17, 15) is 4.79 Å². The quantitative estimate of drug-likeness (QED) is 0.662. The normalized spacial score (nSPS) is 17.7. The number of nitrogens with zero attached hydrogens (tertiary/aromatic N) is 4. The van der Waals surface area contributed by atoms with E-state index in [1.165, 1.54) is 6.33 Å². The zero-order chi connectivity index (χ0) is 14.2. The number of fused-ring (bicyclic) bond motifs is 1. The Labute approximate surface area is 119 Å². The molecule has 3 aromatic heterocycles. The number of hydrogen-bond donors (Lipinski definition) is 3. The number of hydrogen-bond acceptors (Lipinski definition) is 5. The molecule has 3 N–H and O–H groups in total. The van der Waals surface area contributed by atoms with Gasteiger partial charge in [-0.3, -0.25) is 9.89 Å². The molecule has 1 atom stereocenters. The lowest BCUT2D eigenvalue weighted by molar-refractivity contribution is -0.118. The van der Waals surface area contributed by atoms with Crippen molar-refractivity contribution in [2.75, 3.05) is 16.8 Å². The van der Waals surface area contributed by atoms with E-state index in [2.05, 4.69) is 30.5 Å². The molecule has 8 nitrogen and oxygen atoms in total. The third-order valence-corrected chi connectivity index (χ3v) is 3.69. The number of carbonyl (C=O) groups excluding carboxylic acids is 1. The molecule has 4 rings (SSSR count). The molecule has 4 heterocycles. The lowest BCUT2D eigenvalue weighted by Gasteiger charge is -2.40. The van der Waals surface area contributed by atoms with E-state index in [0.717, 1.165) is 29.8 Å². The SMILES string of the molecule is O=C(Nc1cn[nH]c1)[C@@H]1CCN1c1ncnc2[nH]ccc12. The zero-order valence-corrected chi connectivity index (χ0v) is 11.1. The Morgan fingerprint density at radius 3 is 3.14 bits per heavy atom. The summed E-state index contributed by atoms with van der Waals surface area (Å²) in [4.78, 5) is 25.8. The van der Waals surface area contributed by atoms with Crippen molar-refractivity contribution in [2.45, 2.75) is 12.5 Å². The van der Waals surface area contributed by atoms with E-state index in [0.29, 0.717) is 5.69 Å². The van der Waals surface area contributed by atoms with Crippen molar-refractivity contribution in [3.05, 3.63) is 31.0 Å². The predicted octanol–water partition coefficient (Wildman–Crippen LogP) is 0.898. The summed E-state index contributed by atoms with van der Waals surface area (Å²) in [5, 5.41) is 10.3. The molecule has 1 aliphatic heterocycles. The molecule has 8 heteroatoms. The Morgan fingerprint density at radius 1 is 1.43 bits per heavy atom. The van der Waals surface area contributed by atoms with Gasteiger partial charge in [-0.25, -0.2) is 9.97 Å². The first-order valence-corrected chi connectivity index (χ1v) is 6.67. The lowest BCUT2D eigenvalue weighted by Crippen LogP contribution is -2.55. The molecule has 0 unspecified atom stereocenters. The van der Waals surface area contributed by atoms with Gasteiger partial charge in [0.1, 0.15) is 23.8 Å². The highest BCUT2D eigenvalue weighted by molar-refractivity contribution is 5.99. The largest absolute Gasteiger partial charge is 0.346 e. The number of nitrogens with one attached hydrogen (secondary N) is 3. The van der Waals surface area contributed by atoms with Gasteiger partial charge in [-0.15, -0.1) is 0 Å². The molecule has 3 aromatic rings. The summed E-state index contributed by atoms with van der Waals surface area (Å²) in [6.07, 6.45) is 7.37. The fraction of sp³-hybridized carbons (Fsp3) is 0.231. The van der Waals surface area contributed by atoms with E-state index in [-0.39, 0.29) is 11.9 Å². The summed E-state index contributed by atoms with van der Waals surface area (Å²) in [7, 11) is 0. The molecule has 0 radical (unpaired) electrons. The Morgan fingerprint density at radius 2 is 2.38 bits per heavy atom. The highest BCUT2D eigenvalue weighted by Gasteiger charge is 2.36. The number of aromatic amines is 2. The molecule has 21 heavy (non-hydrogen) atoms. The van der Waals surface area contributed by atoms with Crippen LogP contribution in [-0.4, -0.2) is 43.6 Å². The van der Waals surface area contributed by atoms with Crippen LogP contribution in [0.2, 0.25) is 0 Å². The molecule has 0 aliphatic carbocycles. The van der Waals surface area contributed by atoms with Crippen LogP contribution in [0.5, 0.6) is 0 Å². The van der Waals surface area contributed by atoms with Crippen LogP contribution in [0.1, 0.15) is 6.42 Å². The molecule has 0 bridgehead atoms. The van der Waals surface area contributed by atoms with Gasteiger partial charge in [0.25, 0.3) is 0 Å². The molecule has 0 spiro atoms. The Kier molecular flexibility index (Phi) is 2.59. The van der Waals surface area contributed by atoms with Crippen molar-refractivity contribution in [3.8, 4) is 0 Å². The average Bonchev–Trinajstić information content (AvgIpc) is 3.08. The van der Waals surface area contributed by atoms with Crippen LogP contribution in [0.15, 0.2) is 31.0 Å². The van der Waals surface area contributed by atoms with Crippen molar-refractivity contribution in [2.24, 2.45) is 0 Å². The summed E-state index contributed by atoms with van der Waals surface area (Å²) in [6, 6.07) is 1.71. The first kappa shape index (κ1) is 11.9. The maximum atomic E-state index is 12.3. The van der Waals surface area contributed by atoms with Crippen LogP contribution in [0.4, 0.5) is 11.5 Å². The maximum Gasteiger partial charge on any atom is 0.247 e. The van der Waals surface area contributed by atoms with Gasteiger partial charge in [0, 0.05) is 18.9 Å². The van der Waals surface area contributed by atoms with E-state index < -0.39 is 0 Å². The van der Waals surface area contributed by atoms with Crippen LogP contribution in [0.3, 0.4) is 0 Å². The van der Waals surface area contributed by atoms with Crippen molar-refractivity contribution >= 4 is 28.4 Å². The number of rotatable bonds is 3. The van der Waals surface area contributed by atoms with Gasteiger partial charge in [0.05, 0.1) is 17.3 Å². The summed E-state index contributed by atoms with van der Waals surface area (Å²) < 4.78 is 0. The Hall–Kier alpha value is -2.90. The second-order valence-electron chi connectivity index (χ2n) is 4.91. The molecular weight excluding hydrogens is 270 g/mol. The highest BCUT2D eigenvalue weighted by Crippen LogP contribution is 2.30. The summed E-state index contributed by atoms with van der Waals surface area (Å²) in [5.74, 6) is 0.741. The molecule has 1 aliphatic rings. The summed E-state index contributed by atoms with van der Waals surface area (Å²) in [5.41, 5.74) is 1.45. The van der Waals surface area contributed by atoms with E-state index in [1.807, 2.05) is 17.2 Å². The minimum absolute atomic E-state index is 0.0510. The fourth-order valence-corrected chi connectivity index (χ4v) is 2.55. The van der Waals surface area contributed by atoms with Gasteiger partial charge >= 0.3 is 0 Å².